The molecule has 2 heterocycles. The SMILES string of the molecule is Brc1cccnc1SCCNCc1cccs1. The lowest BCUT2D eigenvalue weighted by Gasteiger charge is -2.04. The van der Waals surface area contributed by atoms with Gasteiger partial charge in [0.2, 0.25) is 0 Å². The molecule has 0 aromatic carbocycles. The minimum Gasteiger partial charge on any atom is -0.311 e. The van der Waals surface area contributed by atoms with Crippen molar-refractivity contribution in [2.45, 2.75) is 11.6 Å². The van der Waals surface area contributed by atoms with Crippen LogP contribution in [0.1, 0.15) is 4.88 Å². The van der Waals surface area contributed by atoms with Crippen LogP contribution in [0.15, 0.2) is 45.3 Å². The molecule has 0 saturated heterocycles. The van der Waals surface area contributed by atoms with Gasteiger partial charge in [0, 0.05) is 34.4 Å². The minimum absolute atomic E-state index is 0.960. The van der Waals surface area contributed by atoms with Gasteiger partial charge in [-0.05, 0) is 39.5 Å². The van der Waals surface area contributed by atoms with Gasteiger partial charge in [0.25, 0.3) is 0 Å². The van der Waals surface area contributed by atoms with Gasteiger partial charge in [0.15, 0.2) is 0 Å². The summed E-state index contributed by atoms with van der Waals surface area (Å²) in [6.45, 7) is 1.95. The molecule has 0 radical (unpaired) electrons. The number of nitrogens with zero attached hydrogens (tertiary/aromatic N) is 1. The summed E-state index contributed by atoms with van der Waals surface area (Å²) in [6.07, 6.45) is 1.83. The van der Waals surface area contributed by atoms with Crippen LogP contribution in [0.4, 0.5) is 0 Å². The van der Waals surface area contributed by atoms with Crippen LogP contribution in [-0.2, 0) is 6.54 Å². The maximum Gasteiger partial charge on any atom is 0.110 e. The number of thiophene rings is 1. The van der Waals surface area contributed by atoms with Crippen molar-refractivity contribution in [2.24, 2.45) is 0 Å². The van der Waals surface area contributed by atoms with Crippen LogP contribution in [0.5, 0.6) is 0 Å². The fraction of sp³-hybridized carbons (Fsp3) is 0.250. The zero-order valence-electron chi connectivity index (χ0n) is 9.23. The number of thioether (sulfide) groups is 1. The van der Waals surface area contributed by atoms with Gasteiger partial charge in [-0.3, -0.25) is 0 Å². The zero-order valence-corrected chi connectivity index (χ0v) is 12.4. The van der Waals surface area contributed by atoms with Crippen molar-refractivity contribution in [3.05, 3.63) is 45.2 Å². The van der Waals surface area contributed by atoms with Gasteiger partial charge in [0.1, 0.15) is 5.03 Å². The summed E-state index contributed by atoms with van der Waals surface area (Å²) >= 11 is 7.05. The fourth-order valence-corrected chi connectivity index (χ4v) is 3.38. The van der Waals surface area contributed by atoms with Gasteiger partial charge in [-0.2, -0.15) is 0 Å². The largest absolute Gasteiger partial charge is 0.311 e. The molecule has 0 atom stereocenters. The summed E-state index contributed by atoms with van der Waals surface area (Å²) in [7, 11) is 0. The molecule has 0 aliphatic rings. The Kier molecular flexibility index (Phi) is 5.51. The molecule has 0 aliphatic heterocycles. The number of pyridine rings is 1. The fourth-order valence-electron chi connectivity index (χ4n) is 1.32. The van der Waals surface area contributed by atoms with Gasteiger partial charge >= 0.3 is 0 Å². The second-order valence-electron chi connectivity index (χ2n) is 3.39. The summed E-state index contributed by atoms with van der Waals surface area (Å²) in [5.41, 5.74) is 0. The van der Waals surface area contributed by atoms with Gasteiger partial charge in [-0.15, -0.1) is 23.1 Å². The third kappa shape index (κ3) is 4.43. The van der Waals surface area contributed by atoms with Crippen LogP contribution in [0.2, 0.25) is 0 Å². The van der Waals surface area contributed by atoms with Crippen molar-refractivity contribution in [1.29, 1.82) is 0 Å². The van der Waals surface area contributed by atoms with Crippen molar-refractivity contribution in [3.8, 4) is 0 Å². The van der Waals surface area contributed by atoms with E-state index < -0.39 is 0 Å². The molecule has 2 aromatic heterocycles. The maximum atomic E-state index is 4.32. The van der Waals surface area contributed by atoms with Crippen LogP contribution in [0.3, 0.4) is 0 Å². The molecule has 0 saturated carbocycles. The molecule has 2 aromatic rings. The van der Waals surface area contributed by atoms with E-state index in [1.54, 1.807) is 23.1 Å². The van der Waals surface area contributed by atoms with Crippen LogP contribution in [0, 0.1) is 0 Å². The van der Waals surface area contributed by atoms with Crippen LogP contribution in [-0.4, -0.2) is 17.3 Å². The van der Waals surface area contributed by atoms with E-state index >= 15 is 0 Å². The molecular formula is C12H13BrN2S2. The number of rotatable bonds is 6. The highest BCUT2D eigenvalue weighted by molar-refractivity contribution is 9.10. The summed E-state index contributed by atoms with van der Waals surface area (Å²) < 4.78 is 1.07. The second-order valence-corrected chi connectivity index (χ2v) is 6.37. The Morgan fingerprint density at radius 3 is 3.06 bits per heavy atom. The summed E-state index contributed by atoms with van der Waals surface area (Å²) in [5.74, 6) is 1.03. The van der Waals surface area contributed by atoms with Gasteiger partial charge in [-0.25, -0.2) is 4.98 Å². The number of aromatic nitrogens is 1. The van der Waals surface area contributed by atoms with Crippen LogP contribution < -0.4 is 5.32 Å². The monoisotopic (exact) mass is 328 g/mol. The van der Waals surface area contributed by atoms with E-state index in [4.69, 9.17) is 0 Å². The van der Waals surface area contributed by atoms with Crippen LogP contribution in [0.25, 0.3) is 0 Å². The second kappa shape index (κ2) is 7.16. The lowest BCUT2D eigenvalue weighted by molar-refractivity contribution is 0.740. The van der Waals surface area contributed by atoms with Gasteiger partial charge in [0.05, 0.1) is 0 Å². The van der Waals surface area contributed by atoms with E-state index in [-0.39, 0.29) is 0 Å². The van der Waals surface area contributed by atoms with Crippen LogP contribution >= 0.6 is 39.0 Å². The lowest BCUT2D eigenvalue weighted by atomic mass is 10.4. The van der Waals surface area contributed by atoms with E-state index in [1.807, 2.05) is 18.3 Å². The Hall–Kier alpha value is -0.360. The number of nitrogens with one attached hydrogen (secondary N) is 1. The first kappa shape index (κ1) is 13.1. The highest BCUT2D eigenvalue weighted by atomic mass is 79.9. The predicted molar refractivity (Wildman–Crippen MR) is 78.7 cm³/mol. The summed E-state index contributed by atoms with van der Waals surface area (Å²) in [4.78, 5) is 5.70. The van der Waals surface area contributed by atoms with Crippen molar-refractivity contribution in [3.63, 3.8) is 0 Å². The molecule has 0 amide bonds. The van der Waals surface area contributed by atoms with E-state index in [2.05, 4.69) is 43.7 Å². The van der Waals surface area contributed by atoms with E-state index in [9.17, 15) is 0 Å². The van der Waals surface area contributed by atoms with E-state index in [1.165, 1.54) is 4.88 Å². The van der Waals surface area contributed by atoms with Crippen molar-refractivity contribution >= 4 is 39.0 Å². The Morgan fingerprint density at radius 2 is 2.29 bits per heavy atom. The zero-order chi connectivity index (χ0) is 11.9. The van der Waals surface area contributed by atoms with Crippen molar-refractivity contribution in [1.82, 2.24) is 10.3 Å². The molecule has 1 N–H and O–H groups in total. The average molecular weight is 329 g/mol. The Bertz CT molecular complexity index is 446. The molecule has 2 nitrogen and oxygen atoms in total. The van der Waals surface area contributed by atoms with Crippen molar-refractivity contribution in [2.75, 3.05) is 12.3 Å². The molecule has 0 unspecified atom stereocenters. The normalized spacial score (nSPS) is 10.6. The first-order valence-corrected chi connectivity index (χ1v) is 7.98. The molecule has 17 heavy (non-hydrogen) atoms. The smallest absolute Gasteiger partial charge is 0.110 e. The molecule has 2 rings (SSSR count). The first-order valence-electron chi connectivity index (χ1n) is 5.32. The van der Waals surface area contributed by atoms with Crippen molar-refractivity contribution < 1.29 is 0 Å². The molecule has 0 fully saturated rings. The Labute approximate surface area is 118 Å². The first-order chi connectivity index (χ1) is 8.36. The number of hydrogen-bond acceptors (Lipinski definition) is 4. The standard InChI is InChI=1S/C12H13BrN2S2/c13-11-4-1-5-15-12(11)17-8-6-14-9-10-3-2-7-16-10/h1-5,7,14H,6,8-9H2. The molecule has 0 spiro atoms. The summed E-state index contributed by atoms with van der Waals surface area (Å²) in [6, 6.07) is 8.19. The summed E-state index contributed by atoms with van der Waals surface area (Å²) in [5, 5.41) is 6.59. The maximum absolute atomic E-state index is 4.32. The highest BCUT2D eigenvalue weighted by Gasteiger charge is 2.00. The number of hydrogen-bond donors (Lipinski definition) is 1. The molecular weight excluding hydrogens is 316 g/mol. The minimum atomic E-state index is 0.960. The van der Waals surface area contributed by atoms with E-state index in [0.29, 0.717) is 0 Å². The molecule has 90 valence electrons. The topological polar surface area (TPSA) is 24.9 Å². The third-order valence-corrected chi connectivity index (χ3v) is 4.91. The molecule has 5 heteroatoms. The van der Waals surface area contributed by atoms with E-state index in [0.717, 1.165) is 28.3 Å². The molecule has 0 aliphatic carbocycles. The quantitative estimate of drug-likeness (QED) is 0.645. The number of halogens is 1. The average Bonchev–Trinajstić information content (AvgIpc) is 2.84. The third-order valence-electron chi connectivity index (χ3n) is 2.12. The van der Waals surface area contributed by atoms with Gasteiger partial charge in [-0.1, -0.05) is 6.07 Å². The Morgan fingerprint density at radius 1 is 1.35 bits per heavy atom. The highest BCUT2D eigenvalue weighted by Crippen LogP contribution is 2.23. The predicted octanol–water partition coefficient (Wildman–Crippen LogP) is 3.79. The Balaban J connectivity index is 1.65. The van der Waals surface area contributed by atoms with Gasteiger partial charge < -0.3 is 5.32 Å². The lowest BCUT2D eigenvalue weighted by Crippen LogP contribution is -2.15. The molecule has 0 bridgehead atoms.